The molecule has 0 saturated carbocycles. The van der Waals surface area contributed by atoms with Crippen LogP contribution in [0.15, 0.2) is 36.4 Å². The van der Waals surface area contributed by atoms with Gasteiger partial charge in [-0.25, -0.2) is 9.18 Å². The summed E-state index contributed by atoms with van der Waals surface area (Å²) in [7, 11) is 1.32. The van der Waals surface area contributed by atoms with Crippen molar-refractivity contribution in [3.63, 3.8) is 0 Å². The minimum Gasteiger partial charge on any atom is -0.368 e. The van der Waals surface area contributed by atoms with Crippen LogP contribution in [0.1, 0.15) is 72.5 Å². The van der Waals surface area contributed by atoms with Gasteiger partial charge < -0.3 is 20.9 Å². The number of primary amides is 1. The Morgan fingerprint density at radius 2 is 1.66 bits per heavy atom. The lowest BCUT2D eigenvalue weighted by Crippen LogP contribution is -2.57. The first-order valence-corrected chi connectivity index (χ1v) is 13.1. The number of urea groups is 1. The number of amides is 3. The molecule has 2 aliphatic rings. The predicted molar refractivity (Wildman–Crippen MR) is 136 cm³/mol. The molecule has 6 nitrogen and oxygen atoms in total. The van der Waals surface area contributed by atoms with Gasteiger partial charge >= 0.3 is 18.4 Å². The summed E-state index contributed by atoms with van der Waals surface area (Å²) < 4.78 is 94.7. The number of carbonyl (C=O) groups excluding carboxylic acids is 2. The van der Waals surface area contributed by atoms with Crippen molar-refractivity contribution in [3.8, 4) is 0 Å². The Bertz CT molecular complexity index is 1300. The van der Waals surface area contributed by atoms with Crippen LogP contribution in [0.2, 0.25) is 0 Å². The number of benzene rings is 2. The highest BCUT2D eigenvalue weighted by molar-refractivity contribution is 5.80. The van der Waals surface area contributed by atoms with Gasteiger partial charge in [-0.2, -0.15) is 26.3 Å². The summed E-state index contributed by atoms with van der Waals surface area (Å²) in [5, 5.41) is 3.30. The lowest BCUT2D eigenvalue weighted by Gasteiger charge is -2.47. The number of rotatable bonds is 4. The molecule has 2 aromatic rings. The van der Waals surface area contributed by atoms with E-state index in [1.807, 2.05) is 0 Å². The van der Waals surface area contributed by atoms with E-state index in [0.717, 1.165) is 4.90 Å². The van der Waals surface area contributed by atoms with Gasteiger partial charge in [-0.1, -0.05) is 6.07 Å². The van der Waals surface area contributed by atoms with Gasteiger partial charge in [-0.3, -0.25) is 4.79 Å². The second kappa shape index (κ2) is 10.8. The fraction of sp³-hybridized carbons (Fsp3) is 0.500. The average molecular weight is 589 g/mol. The predicted octanol–water partition coefficient (Wildman–Crippen LogP) is 6.10. The summed E-state index contributed by atoms with van der Waals surface area (Å²) in [6, 6.07) is 2.49. The summed E-state index contributed by atoms with van der Waals surface area (Å²) in [5.41, 5.74) is 2.91. The number of nitrogens with zero attached hydrogens (tertiary/aromatic N) is 2. The smallest absolute Gasteiger partial charge is 0.368 e. The molecule has 2 saturated heterocycles. The maximum absolute atomic E-state index is 13.9. The lowest BCUT2D eigenvalue weighted by molar-refractivity contribution is -0.143. The molecule has 13 heteroatoms. The molecule has 224 valence electrons. The van der Waals surface area contributed by atoms with Crippen LogP contribution >= 0.6 is 0 Å². The number of nitrogens with one attached hydrogen (secondary N) is 1. The largest absolute Gasteiger partial charge is 0.416 e. The number of hydrogen-bond acceptors (Lipinski definition) is 3. The molecule has 3 N–H and O–H groups in total. The van der Waals surface area contributed by atoms with Crippen molar-refractivity contribution in [2.75, 3.05) is 13.6 Å². The van der Waals surface area contributed by atoms with E-state index in [1.54, 1.807) is 13.0 Å². The number of piperidine rings is 1. The Kier molecular flexibility index (Phi) is 8.07. The summed E-state index contributed by atoms with van der Waals surface area (Å²) in [4.78, 5) is 28.3. The third-order valence-electron chi connectivity index (χ3n) is 8.34. The minimum atomic E-state index is -5.03. The first-order chi connectivity index (χ1) is 18.9. The van der Waals surface area contributed by atoms with E-state index in [-0.39, 0.29) is 18.2 Å². The zero-order chi connectivity index (χ0) is 30.5. The molecule has 3 amide bonds. The second-order valence-corrected chi connectivity index (χ2v) is 11.0. The van der Waals surface area contributed by atoms with Crippen LogP contribution in [0.5, 0.6) is 0 Å². The van der Waals surface area contributed by atoms with Crippen molar-refractivity contribution in [1.82, 2.24) is 15.1 Å². The number of carbonyl (C=O) groups is 2. The Morgan fingerprint density at radius 1 is 1.05 bits per heavy atom. The van der Waals surface area contributed by atoms with Crippen LogP contribution in [0, 0.1) is 12.7 Å². The number of hydrogen-bond donors (Lipinski definition) is 2. The van der Waals surface area contributed by atoms with E-state index in [9.17, 15) is 40.3 Å². The minimum absolute atomic E-state index is 0.0451. The third-order valence-corrected chi connectivity index (χ3v) is 8.34. The average Bonchev–Trinajstić information content (AvgIpc) is 3.29. The van der Waals surface area contributed by atoms with Gasteiger partial charge in [-0.05, 0) is 86.6 Å². The van der Waals surface area contributed by atoms with Crippen molar-refractivity contribution in [3.05, 3.63) is 70.0 Å². The molecule has 0 aromatic heterocycles. The second-order valence-electron chi connectivity index (χ2n) is 11.0. The van der Waals surface area contributed by atoms with Crippen molar-refractivity contribution < 1.29 is 40.3 Å². The number of nitrogens with two attached hydrogens (primary N) is 1. The Balaban J connectivity index is 1.68. The topological polar surface area (TPSA) is 78.7 Å². The normalized spacial score (nSPS) is 24.0. The van der Waals surface area contributed by atoms with Gasteiger partial charge in [-0.15, -0.1) is 0 Å². The molecule has 0 aliphatic carbocycles. The maximum atomic E-state index is 13.9. The molecule has 4 rings (SSSR count). The Hall–Kier alpha value is -3.35. The Labute approximate surface area is 232 Å². The molecule has 2 aromatic carbocycles. The van der Waals surface area contributed by atoms with E-state index in [1.165, 1.54) is 31.0 Å². The molecule has 4 atom stereocenters. The maximum Gasteiger partial charge on any atom is 0.416 e. The van der Waals surface area contributed by atoms with E-state index >= 15 is 0 Å². The zero-order valence-electron chi connectivity index (χ0n) is 22.7. The van der Waals surface area contributed by atoms with Crippen LogP contribution in [0.3, 0.4) is 0 Å². The first kappa shape index (κ1) is 30.6. The van der Waals surface area contributed by atoms with Gasteiger partial charge in [0, 0.05) is 19.1 Å². The van der Waals surface area contributed by atoms with E-state index in [4.69, 9.17) is 5.73 Å². The molecular formula is C28H31F7N4O2. The van der Waals surface area contributed by atoms with Gasteiger partial charge in [0.2, 0.25) is 5.91 Å². The van der Waals surface area contributed by atoms with Gasteiger partial charge in [0.1, 0.15) is 5.82 Å². The molecule has 0 bridgehead atoms. The SMILES string of the molecule is Cc1cc(F)ccc1[C@H]1C[C@]2(CC[C@H](C(N)=O)N2)CCN1C(=O)N(C)[C@@H](C)c1cc(C(F)(F)F)cc(C(F)(F)F)c1. The highest BCUT2D eigenvalue weighted by Crippen LogP contribution is 2.44. The highest BCUT2D eigenvalue weighted by atomic mass is 19.4. The summed E-state index contributed by atoms with van der Waals surface area (Å²) in [6.45, 7) is 3.21. The molecule has 1 spiro atoms. The van der Waals surface area contributed by atoms with Crippen molar-refractivity contribution >= 4 is 11.9 Å². The van der Waals surface area contributed by atoms with Gasteiger partial charge in [0.25, 0.3) is 0 Å². The standard InChI is InChI=1S/C28H31F7N4O2/c1-15-10-20(29)4-5-21(15)23-14-26(7-6-22(37-26)24(36)40)8-9-39(23)25(41)38(3)16(2)17-11-18(27(30,31)32)13-19(12-17)28(33,34)35/h4-5,10-13,16,22-23,37H,6-9,14H2,1-3H3,(H2,36,40)/t16-,22+,23+,26-/m0/s1. The van der Waals surface area contributed by atoms with Crippen LogP contribution in [0.4, 0.5) is 35.5 Å². The Morgan fingerprint density at radius 3 is 2.17 bits per heavy atom. The lowest BCUT2D eigenvalue weighted by atomic mass is 9.79. The van der Waals surface area contributed by atoms with Gasteiger partial charge in [0.15, 0.2) is 0 Å². The van der Waals surface area contributed by atoms with Crippen LogP contribution < -0.4 is 11.1 Å². The highest BCUT2D eigenvalue weighted by Gasteiger charge is 2.48. The van der Waals surface area contributed by atoms with Gasteiger partial charge in [0.05, 0.1) is 29.3 Å². The van der Waals surface area contributed by atoms with Crippen LogP contribution in [-0.2, 0) is 17.1 Å². The zero-order valence-corrected chi connectivity index (χ0v) is 22.7. The molecule has 0 radical (unpaired) electrons. The fourth-order valence-electron chi connectivity index (χ4n) is 5.91. The first-order valence-electron chi connectivity index (χ1n) is 13.1. The molecule has 0 unspecified atom stereocenters. The van der Waals surface area contributed by atoms with E-state index in [2.05, 4.69) is 5.32 Å². The van der Waals surface area contributed by atoms with Crippen molar-refractivity contribution in [1.29, 1.82) is 0 Å². The third kappa shape index (κ3) is 6.29. The summed E-state index contributed by atoms with van der Waals surface area (Å²) in [5.74, 6) is -0.971. The number of halogens is 7. The number of alkyl halides is 6. The molecule has 2 heterocycles. The van der Waals surface area contributed by atoms with E-state index in [0.29, 0.717) is 48.9 Å². The van der Waals surface area contributed by atoms with E-state index < -0.39 is 64.9 Å². The molecule has 2 fully saturated rings. The van der Waals surface area contributed by atoms with Crippen LogP contribution in [-0.4, -0.2) is 46.9 Å². The fourth-order valence-corrected chi connectivity index (χ4v) is 5.91. The monoisotopic (exact) mass is 588 g/mol. The molecule has 41 heavy (non-hydrogen) atoms. The van der Waals surface area contributed by atoms with Crippen molar-refractivity contribution in [2.45, 2.75) is 75.5 Å². The molecule has 2 aliphatic heterocycles. The summed E-state index contributed by atoms with van der Waals surface area (Å²) >= 11 is 0. The quantitative estimate of drug-likeness (QED) is 0.424. The van der Waals surface area contributed by atoms with Crippen molar-refractivity contribution in [2.24, 2.45) is 5.73 Å². The number of aryl methyl sites for hydroxylation is 1. The van der Waals surface area contributed by atoms with Crippen LogP contribution in [0.25, 0.3) is 0 Å². The summed E-state index contributed by atoms with van der Waals surface area (Å²) in [6.07, 6.45) is -8.16. The molecular weight excluding hydrogens is 557 g/mol. The number of likely N-dealkylation sites (tertiary alicyclic amines) is 1.